The first-order chi connectivity index (χ1) is 10.6. The predicted molar refractivity (Wildman–Crippen MR) is 88.3 cm³/mol. The number of halogens is 4. The van der Waals surface area contributed by atoms with Crippen LogP contribution in [0.2, 0.25) is 0 Å². The topological polar surface area (TPSA) is 54.5 Å². The third kappa shape index (κ3) is 3.14. The van der Waals surface area contributed by atoms with Crippen molar-refractivity contribution in [3.8, 4) is 0 Å². The van der Waals surface area contributed by atoms with E-state index in [4.69, 9.17) is 0 Å². The quantitative estimate of drug-likeness (QED) is 0.603. The zero-order chi connectivity index (χ0) is 17.5. The van der Waals surface area contributed by atoms with Crippen molar-refractivity contribution in [2.45, 2.75) is 37.2 Å². The maximum atomic E-state index is 13.0. The van der Waals surface area contributed by atoms with Gasteiger partial charge in [-0.15, -0.1) is 0 Å². The molecule has 1 aliphatic carbocycles. The molecule has 0 N–H and O–H groups in total. The number of nitrogens with zero attached hydrogens (tertiary/aromatic N) is 1. The van der Waals surface area contributed by atoms with Gasteiger partial charge >= 0.3 is 15.5 Å². The largest absolute Gasteiger partial charge is 0.511 e. The van der Waals surface area contributed by atoms with Gasteiger partial charge in [0, 0.05) is 10.1 Å². The molecule has 0 atom stereocenters. The highest BCUT2D eigenvalue weighted by Gasteiger charge is 2.58. The van der Waals surface area contributed by atoms with E-state index >= 15 is 0 Å². The first kappa shape index (κ1) is 18.7. The van der Waals surface area contributed by atoms with Crippen molar-refractivity contribution in [2.24, 2.45) is 0 Å². The number of sulfonamides is 1. The Hall–Kier alpha value is -0.680. The second-order valence-corrected chi connectivity index (χ2v) is 8.49. The van der Waals surface area contributed by atoms with E-state index in [2.05, 4.69) is 0 Å². The van der Waals surface area contributed by atoms with E-state index in [1.54, 1.807) is 0 Å². The Morgan fingerprint density at radius 1 is 1.30 bits per heavy atom. The van der Waals surface area contributed by atoms with Crippen LogP contribution >= 0.6 is 22.6 Å². The highest BCUT2D eigenvalue weighted by molar-refractivity contribution is 14.1. The van der Waals surface area contributed by atoms with Crippen molar-refractivity contribution in [1.29, 1.82) is 0 Å². The molecule has 0 aromatic carbocycles. The molecule has 2 rings (SSSR count). The van der Waals surface area contributed by atoms with Gasteiger partial charge in [-0.2, -0.15) is 17.5 Å². The summed E-state index contributed by atoms with van der Waals surface area (Å²) in [4.78, 5) is 11.4. The van der Waals surface area contributed by atoms with Crippen LogP contribution < -0.4 is 0 Å². The van der Waals surface area contributed by atoms with Crippen LogP contribution in [-0.2, 0) is 14.8 Å². The SMILES string of the molecule is CCCCC1=C(I)CN(S(=O)(=O)C(F)(F)F)C12C=CC(=O)C=C2. The molecule has 9 heteroatoms. The lowest BCUT2D eigenvalue weighted by Crippen LogP contribution is -2.52. The maximum Gasteiger partial charge on any atom is 0.511 e. The summed E-state index contributed by atoms with van der Waals surface area (Å²) in [6.07, 6.45) is 6.78. The molecule has 0 unspecified atom stereocenters. The molecule has 0 aromatic rings. The lowest BCUT2D eigenvalue weighted by atomic mass is 9.85. The van der Waals surface area contributed by atoms with Gasteiger partial charge in [-0.1, -0.05) is 25.5 Å². The second-order valence-electron chi connectivity index (χ2n) is 5.34. The molecule has 0 saturated heterocycles. The average Bonchev–Trinajstić information content (AvgIpc) is 2.72. The van der Waals surface area contributed by atoms with E-state index < -0.39 is 21.1 Å². The molecule has 4 nitrogen and oxygen atoms in total. The predicted octanol–water partition coefficient (Wildman–Crippen LogP) is 3.46. The lowest BCUT2D eigenvalue weighted by molar-refractivity contribution is -0.110. The van der Waals surface area contributed by atoms with E-state index in [-0.39, 0.29) is 12.3 Å². The molecule has 0 aromatic heterocycles. The van der Waals surface area contributed by atoms with Crippen LogP contribution in [0.1, 0.15) is 26.2 Å². The zero-order valence-electron chi connectivity index (χ0n) is 12.2. The molecule has 2 aliphatic rings. The number of carbonyl (C=O) groups is 1. The summed E-state index contributed by atoms with van der Waals surface area (Å²) in [6.45, 7) is 1.60. The minimum Gasteiger partial charge on any atom is -0.290 e. The standard InChI is InChI=1S/C14H15F3INO3S/c1-2-3-4-11-12(18)9-19(23(21,22)14(15,16)17)13(11)7-5-10(20)6-8-13/h5-8H,2-4,9H2,1H3. The third-order valence-corrected chi connectivity index (χ3v) is 6.46. The van der Waals surface area contributed by atoms with E-state index in [9.17, 15) is 26.4 Å². The minimum absolute atomic E-state index is 0.343. The molecule has 128 valence electrons. The maximum absolute atomic E-state index is 13.0. The number of hydrogen-bond donors (Lipinski definition) is 0. The Kier molecular flexibility index (Phi) is 5.13. The van der Waals surface area contributed by atoms with Crippen molar-refractivity contribution >= 4 is 38.4 Å². The highest BCUT2D eigenvalue weighted by Crippen LogP contribution is 2.47. The number of unbranched alkanes of at least 4 members (excludes halogenated alkanes) is 1. The number of alkyl halides is 3. The minimum atomic E-state index is -5.52. The number of rotatable bonds is 4. The van der Waals surface area contributed by atoms with Crippen LogP contribution in [0.4, 0.5) is 13.2 Å². The van der Waals surface area contributed by atoms with Crippen LogP contribution in [0.3, 0.4) is 0 Å². The van der Waals surface area contributed by atoms with Gasteiger partial charge in [0.1, 0.15) is 0 Å². The van der Waals surface area contributed by atoms with E-state index in [1.807, 2.05) is 29.5 Å². The van der Waals surface area contributed by atoms with Crippen molar-refractivity contribution in [3.05, 3.63) is 33.5 Å². The van der Waals surface area contributed by atoms with Crippen molar-refractivity contribution in [2.75, 3.05) is 6.54 Å². The normalized spacial score (nSPS) is 21.7. The van der Waals surface area contributed by atoms with Gasteiger partial charge < -0.3 is 0 Å². The molecule has 0 bridgehead atoms. The third-order valence-electron chi connectivity index (χ3n) is 3.87. The molecule has 1 heterocycles. The molecular weight excluding hydrogens is 446 g/mol. The summed E-state index contributed by atoms with van der Waals surface area (Å²) < 4.78 is 64.1. The summed E-state index contributed by atoms with van der Waals surface area (Å²) >= 11 is 1.89. The smallest absolute Gasteiger partial charge is 0.290 e. The van der Waals surface area contributed by atoms with Crippen LogP contribution in [0.25, 0.3) is 0 Å². The molecular formula is C14H15F3INO3S. The molecule has 0 amide bonds. The van der Waals surface area contributed by atoms with Gasteiger partial charge in [0.25, 0.3) is 0 Å². The Bertz CT molecular complexity index is 691. The summed E-state index contributed by atoms with van der Waals surface area (Å²) in [7, 11) is -5.52. The Morgan fingerprint density at radius 3 is 2.35 bits per heavy atom. The fraction of sp³-hybridized carbons (Fsp3) is 0.500. The molecule has 23 heavy (non-hydrogen) atoms. The van der Waals surface area contributed by atoms with Gasteiger partial charge in [-0.05, 0) is 53.2 Å². The van der Waals surface area contributed by atoms with Crippen molar-refractivity contribution < 1.29 is 26.4 Å². The summed E-state index contributed by atoms with van der Waals surface area (Å²) in [5, 5.41) is 0. The summed E-state index contributed by atoms with van der Waals surface area (Å²) in [5.74, 6) is -0.378. The Balaban J connectivity index is 2.57. The number of hydrogen-bond acceptors (Lipinski definition) is 3. The Morgan fingerprint density at radius 2 is 1.87 bits per heavy atom. The number of carbonyl (C=O) groups excluding carboxylic acids is 1. The van der Waals surface area contributed by atoms with Gasteiger partial charge in [0.15, 0.2) is 5.78 Å². The molecule has 0 radical (unpaired) electrons. The summed E-state index contributed by atoms with van der Waals surface area (Å²) in [6, 6.07) is 0. The van der Waals surface area contributed by atoms with Crippen LogP contribution in [-0.4, -0.2) is 36.1 Å². The number of allylic oxidation sites excluding steroid dienone is 2. The van der Waals surface area contributed by atoms with E-state index in [0.29, 0.717) is 19.9 Å². The monoisotopic (exact) mass is 461 g/mol. The van der Waals surface area contributed by atoms with Crippen LogP contribution in [0.15, 0.2) is 33.5 Å². The molecule has 1 spiro atoms. The van der Waals surface area contributed by atoms with Crippen molar-refractivity contribution in [1.82, 2.24) is 4.31 Å². The average molecular weight is 461 g/mol. The fourth-order valence-electron chi connectivity index (χ4n) is 2.72. The molecule has 1 aliphatic heterocycles. The zero-order valence-corrected chi connectivity index (χ0v) is 15.2. The molecule has 0 saturated carbocycles. The Labute approximate surface area is 146 Å². The fourth-order valence-corrected chi connectivity index (χ4v) is 5.17. The van der Waals surface area contributed by atoms with Crippen LogP contribution in [0, 0.1) is 0 Å². The van der Waals surface area contributed by atoms with Crippen LogP contribution in [0.5, 0.6) is 0 Å². The van der Waals surface area contributed by atoms with Crippen molar-refractivity contribution in [3.63, 3.8) is 0 Å². The van der Waals surface area contributed by atoms with Gasteiger partial charge in [0.05, 0.1) is 5.54 Å². The first-order valence-corrected chi connectivity index (χ1v) is 9.47. The van der Waals surface area contributed by atoms with Gasteiger partial charge in [-0.3, -0.25) is 4.79 Å². The van der Waals surface area contributed by atoms with Gasteiger partial charge in [0.2, 0.25) is 0 Å². The van der Waals surface area contributed by atoms with E-state index in [0.717, 1.165) is 25.0 Å². The first-order valence-electron chi connectivity index (χ1n) is 6.96. The van der Waals surface area contributed by atoms with E-state index in [1.165, 1.54) is 12.2 Å². The lowest BCUT2D eigenvalue weighted by Gasteiger charge is -2.36. The van der Waals surface area contributed by atoms with Gasteiger partial charge in [-0.25, -0.2) is 8.42 Å². The second kappa shape index (κ2) is 6.32. The molecule has 0 fully saturated rings. The summed E-state index contributed by atoms with van der Waals surface area (Å²) in [5.41, 5.74) is -6.32. The number of ketones is 1. The highest BCUT2D eigenvalue weighted by atomic mass is 127.